The Labute approximate surface area is 193 Å². The van der Waals surface area contributed by atoms with E-state index in [0.717, 1.165) is 16.2 Å². The minimum Gasteiger partial charge on any atom is -0.326 e. The predicted molar refractivity (Wildman–Crippen MR) is 128 cm³/mol. The smallest absolute Gasteiger partial charge is 0.266 e. The number of amides is 3. The number of nitriles is 1. The van der Waals surface area contributed by atoms with Crippen molar-refractivity contribution in [3.05, 3.63) is 70.6 Å². The van der Waals surface area contributed by atoms with Crippen molar-refractivity contribution >= 4 is 57.2 Å². The summed E-state index contributed by atoms with van der Waals surface area (Å²) in [5, 5.41) is 18.1. The maximum atomic E-state index is 12.7. The summed E-state index contributed by atoms with van der Waals surface area (Å²) < 4.78 is 0. The zero-order valence-corrected chi connectivity index (χ0v) is 19.0. The molecule has 1 aromatic heterocycles. The van der Waals surface area contributed by atoms with Crippen molar-refractivity contribution < 1.29 is 14.4 Å². The summed E-state index contributed by atoms with van der Waals surface area (Å²) in [6.07, 6.45) is 0. The lowest BCUT2D eigenvalue weighted by molar-refractivity contribution is -0.114. The Morgan fingerprint density at radius 1 is 1.00 bits per heavy atom. The number of anilines is 3. The van der Waals surface area contributed by atoms with Gasteiger partial charge in [0.05, 0.1) is 16.2 Å². The van der Waals surface area contributed by atoms with E-state index in [-0.39, 0.29) is 29.0 Å². The number of carbonyl (C=O) groups excluding carboxylic acids is 3. The number of nitrogens with one attached hydrogen (secondary N) is 3. The molecule has 0 atom stereocenters. The van der Waals surface area contributed by atoms with E-state index in [4.69, 9.17) is 0 Å². The molecule has 0 aliphatic rings. The second kappa shape index (κ2) is 10.6. The third-order valence-electron chi connectivity index (χ3n) is 4.27. The number of hydrogen-bond acceptors (Lipinski definition) is 6. The van der Waals surface area contributed by atoms with Crippen LogP contribution >= 0.6 is 23.1 Å². The molecule has 0 saturated heterocycles. The standard InChI is InChI=1S/C23H20N4O3S2/c1-14-19(12-24)23(32-21(14)22(30)26-16-7-4-3-5-8-16)27-20(29)13-31-18-10-6-9-17(11-18)25-15(2)28/h3-11H,13H2,1-2H3,(H,25,28)(H,26,30)(H,27,29). The van der Waals surface area contributed by atoms with Gasteiger partial charge in [-0.3, -0.25) is 14.4 Å². The Hall–Kier alpha value is -3.61. The van der Waals surface area contributed by atoms with Crippen molar-refractivity contribution in [2.45, 2.75) is 18.7 Å². The molecule has 0 radical (unpaired) electrons. The maximum Gasteiger partial charge on any atom is 0.266 e. The van der Waals surface area contributed by atoms with Gasteiger partial charge in [-0.1, -0.05) is 24.3 Å². The number of hydrogen-bond donors (Lipinski definition) is 3. The molecule has 7 nitrogen and oxygen atoms in total. The molecule has 9 heteroatoms. The average molecular weight is 465 g/mol. The fraction of sp³-hybridized carbons (Fsp3) is 0.130. The molecule has 0 bridgehead atoms. The van der Waals surface area contributed by atoms with Crippen LogP contribution in [0.4, 0.5) is 16.4 Å². The molecule has 1 heterocycles. The highest BCUT2D eigenvalue weighted by molar-refractivity contribution is 8.00. The molecule has 3 N–H and O–H groups in total. The molecule has 2 aromatic carbocycles. The van der Waals surface area contributed by atoms with E-state index in [2.05, 4.69) is 22.0 Å². The third-order valence-corrected chi connectivity index (χ3v) is 6.47. The fourth-order valence-corrected chi connectivity index (χ4v) is 4.66. The Balaban J connectivity index is 1.67. The second-order valence-electron chi connectivity index (χ2n) is 6.74. The Morgan fingerprint density at radius 3 is 2.41 bits per heavy atom. The number of nitrogens with zero attached hydrogens (tertiary/aromatic N) is 1. The van der Waals surface area contributed by atoms with Crippen molar-refractivity contribution in [3.63, 3.8) is 0 Å². The van der Waals surface area contributed by atoms with Gasteiger partial charge in [0.1, 0.15) is 11.1 Å². The first-order valence-corrected chi connectivity index (χ1v) is 11.4. The van der Waals surface area contributed by atoms with E-state index >= 15 is 0 Å². The molecule has 32 heavy (non-hydrogen) atoms. The monoisotopic (exact) mass is 464 g/mol. The fourth-order valence-electron chi connectivity index (χ4n) is 2.84. The molecule has 0 spiro atoms. The lowest BCUT2D eigenvalue weighted by Crippen LogP contribution is -2.14. The molecular weight excluding hydrogens is 444 g/mol. The summed E-state index contributed by atoms with van der Waals surface area (Å²) in [5.41, 5.74) is 2.10. The van der Waals surface area contributed by atoms with Crippen LogP contribution < -0.4 is 16.0 Å². The van der Waals surface area contributed by atoms with Crippen LogP contribution in [0.2, 0.25) is 0 Å². The van der Waals surface area contributed by atoms with Crippen LogP contribution in [0, 0.1) is 18.3 Å². The first kappa shape index (κ1) is 23.1. The van der Waals surface area contributed by atoms with Crippen molar-refractivity contribution in [1.82, 2.24) is 0 Å². The van der Waals surface area contributed by atoms with Crippen molar-refractivity contribution in [2.75, 3.05) is 21.7 Å². The summed E-state index contributed by atoms with van der Waals surface area (Å²) >= 11 is 2.37. The number of para-hydroxylation sites is 1. The molecular formula is C23H20N4O3S2. The Kier molecular flexibility index (Phi) is 7.65. The molecule has 0 fully saturated rings. The lowest BCUT2D eigenvalue weighted by atomic mass is 10.1. The summed E-state index contributed by atoms with van der Waals surface area (Å²) in [5.74, 6) is -0.696. The summed E-state index contributed by atoms with van der Waals surface area (Å²) in [7, 11) is 0. The van der Waals surface area contributed by atoms with Crippen LogP contribution in [0.15, 0.2) is 59.5 Å². The number of carbonyl (C=O) groups is 3. The molecule has 3 rings (SSSR count). The zero-order chi connectivity index (χ0) is 23.1. The topological polar surface area (TPSA) is 111 Å². The Morgan fingerprint density at radius 2 is 1.72 bits per heavy atom. The van der Waals surface area contributed by atoms with Gasteiger partial charge < -0.3 is 16.0 Å². The third kappa shape index (κ3) is 5.97. The van der Waals surface area contributed by atoms with Crippen molar-refractivity contribution in [2.24, 2.45) is 0 Å². The van der Waals surface area contributed by atoms with Gasteiger partial charge in [0, 0.05) is 23.2 Å². The summed E-state index contributed by atoms with van der Waals surface area (Å²) in [4.78, 5) is 37.5. The van der Waals surface area contributed by atoms with Crippen molar-refractivity contribution in [1.29, 1.82) is 5.26 Å². The van der Waals surface area contributed by atoms with E-state index < -0.39 is 0 Å². The minimum absolute atomic E-state index is 0.108. The SMILES string of the molecule is CC(=O)Nc1cccc(SCC(=O)Nc2sc(C(=O)Nc3ccccc3)c(C)c2C#N)c1. The quantitative estimate of drug-likeness (QED) is 0.432. The van der Waals surface area contributed by atoms with E-state index in [1.807, 2.05) is 24.3 Å². The lowest BCUT2D eigenvalue weighted by Gasteiger charge is -2.06. The van der Waals surface area contributed by atoms with E-state index in [0.29, 0.717) is 26.8 Å². The number of thiophene rings is 1. The van der Waals surface area contributed by atoms with Gasteiger partial charge in [-0.05, 0) is 42.8 Å². The number of benzene rings is 2. The largest absolute Gasteiger partial charge is 0.326 e. The molecule has 3 amide bonds. The van der Waals surface area contributed by atoms with Crippen LogP contribution in [0.5, 0.6) is 0 Å². The molecule has 3 aromatic rings. The highest BCUT2D eigenvalue weighted by Crippen LogP contribution is 2.33. The van der Waals surface area contributed by atoms with Crippen LogP contribution in [0.1, 0.15) is 27.7 Å². The molecule has 162 valence electrons. The second-order valence-corrected chi connectivity index (χ2v) is 8.81. The minimum atomic E-state index is -0.333. The van der Waals surface area contributed by atoms with Crippen LogP contribution in [0.3, 0.4) is 0 Å². The van der Waals surface area contributed by atoms with Gasteiger partial charge in [-0.2, -0.15) is 5.26 Å². The van der Waals surface area contributed by atoms with Crippen LogP contribution in [-0.2, 0) is 9.59 Å². The van der Waals surface area contributed by atoms with Gasteiger partial charge in [0.25, 0.3) is 5.91 Å². The normalized spacial score (nSPS) is 10.2. The highest BCUT2D eigenvalue weighted by Gasteiger charge is 2.21. The van der Waals surface area contributed by atoms with Gasteiger partial charge in [-0.15, -0.1) is 23.1 Å². The van der Waals surface area contributed by atoms with E-state index in [9.17, 15) is 19.6 Å². The summed E-state index contributed by atoms with van der Waals surface area (Å²) in [6.45, 7) is 3.12. The van der Waals surface area contributed by atoms with Crippen LogP contribution in [0.25, 0.3) is 0 Å². The highest BCUT2D eigenvalue weighted by atomic mass is 32.2. The number of rotatable bonds is 7. The van der Waals surface area contributed by atoms with Gasteiger partial charge in [0.2, 0.25) is 11.8 Å². The van der Waals surface area contributed by atoms with Crippen LogP contribution in [-0.4, -0.2) is 23.5 Å². The predicted octanol–water partition coefficient (Wildman–Crippen LogP) is 4.87. The first-order valence-electron chi connectivity index (χ1n) is 9.57. The molecule has 0 aliphatic heterocycles. The Bertz CT molecular complexity index is 1200. The van der Waals surface area contributed by atoms with Crippen molar-refractivity contribution in [3.8, 4) is 6.07 Å². The van der Waals surface area contributed by atoms with E-state index in [1.54, 1.807) is 37.3 Å². The molecule has 0 aliphatic carbocycles. The van der Waals surface area contributed by atoms with Gasteiger partial charge in [0.15, 0.2) is 0 Å². The average Bonchev–Trinajstić information content (AvgIpc) is 3.07. The zero-order valence-electron chi connectivity index (χ0n) is 17.4. The van der Waals surface area contributed by atoms with Gasteiger partial charge in [-0.25, -0.2) is 0 Å². The molecule has 0 saturated carbocycles. The van der Waals surface area contributed by atoms with E-state index in [1.165, 1.54) is 18.7 Å². The summed E-state index contributed by atoms with van der Waals surface area (Å²) in [6, 6.07) is 18.3. The van der Waals surface area contributed by atoms with Gasteiger partial charge >= 0.3 is 0 Å². The maximum absolute atomic E-state index is 12.7. The number of thioether (sulfide) groups is 1. The first-order chi connectivity index (χ1) is 15.4. The molecule has 0 unspecified atom stereocenters.